The van der Waals surface area contributed by atoms with Gasteiger partial charge in [0.2, 0.25) is 10.0 Å². The molecule has 0 aliphatic carbocycles. The molecule has 2 N–H and O–H groups in total. The SMILES string of the molecule is CN(C)S(=O)(=O)c1ccc(C(=O)OCC(=O)NC(=O)NCc2ccco2)cc1. The fourth-order valence-electron chi connectivity index (χ4n) is 1.98. The summed E-state index contributed by atoms with van der Waals surface area (Å²) in [6.45, 7) is -0.584. The number of hydrogen-bond acceptors (Lipinski definition) is 7. The Kier molecular flexibility index (Phi) is 6.90. The molecule has 0 saturated heterocycles. The van der Waals surface area contributed by atoms with E-state index in [9.17, 15) is 22.8 Å². The number of ether oxygens (including phenoxy) is 1. The van der Waals surface area contributed by atoms with Crippen LogP contribution in [0.25, 0.3) is 0 Å². The minimum absolute atomic E-state index is 0.0139. The quantitative estimate of drug-likeness (QED) is 0.643. The van der Waals surface area contributed by atoms with Gasteiger partial charge in [-0.1, -0.05) is 0 Å². The van der Waals surface area contributed by atoms with Gasteiger partial charge in [-0.15, -0.1) is 0 Å². The Balaban J connectivity index is 1.81. The van der Waals surface area contributed by atoms with Gasteiger partial charge in [0.15, 0.2) is 6.61 Å². The summed E-state index contributed by atoms with van der Waals surface area (Å²) in [4.78, 5) is 35.2. The average molecular weight is 409 g/mol. The van der Waals surface area contributed by atoms with Crippen LogP contribution in [-0.4, -0.2) is 51.3 Å². The first-order chi connectivity index (χ1) is 13.2. The predicted molar refractivity (Wildman–Crippen MR) is 96.7 cm³/mol. The van der Waals surface area contributed by atoms with Crippen molar-refractivity contribution in [1.29, 1.82) is 0 Å². The van der Waals surface area contributed by atoms with Gasteiger partial charge in [-0.25, -0.2) is 22.3 Å². The number of nitrogens with one attached hydrogen (secondary N) is 2. The fourth-order valence-corrected chi connectivity index (χ4v) is 2.88. The van der Waals surface area contributed by atoms with Crippen LogP contribution in [-0.2, 0) is 26.1 Å². The number of sulfonamides is 1. The van der Waals surface area contributed by atoms with Gasteiger partial charge in [0.25, 0.3) is 5.91 Å². The number of benzene rings is 1. The topological polar surface area (TPSA) is 135 Å². The number of carbonyl (C=O) groups is 3. The van der Waals surface area contributed by atoms with Crippen LogP contribution >= 0.6 is 0 Å². The molecule has 0 spiro atoms. The van der Waals surface area contributed by atoms with Gasteiger partial charge in [-0.05, 0) is 36.4 Å². The third kappa shape index (κ3) is 5.66. The summed E-state index contributed by atoms with van der Waals surface area (Å²) in [7, 11) is -0.835. The summed E-state index contributed by atoms with van der Waals surface area (Å²) >= 11 is 0. The Bertz CT molecular complexity index is 936. The lowest BCUT2D eigenvalue weighted by molar-refractivity contribution is -0.123. The highest BCUT2D eigenvalue weighted by Gasteiger charge is 2.18. The Labute approximate surface area is 161 Å². The second kappa shape index (κ2) is 9.15. The molecule has 0 fully saturated rings. The molecule has 2 aromatic rings. The number of esters is 1. The third-order valence-electron chi connectivity index (χ3n) is 3.46. The highest BCUT2D eigenvalue weighted by Crippen LogP contribution is 2.14. The molecule has 0 aliphatic rings. The van der Waals surface area contributed by atoms with Gasteiger partial charge < -0.3 is 14.5 Å². The highest BCUT2D eigenvalue weighted by molar-refractivity contribution is 7.89. The van der Waals surface area contributed by atoms with Crippen molar-refractivity contribution >= 4 is 27.9 Å². The number of amides is 3. The van der Waals surface area contributed by atoms with E-state index < -0.39 is 34.5 Å². The summed E-state index contributed by atoms with van der Waals surface area (Å²) in [6, 6.07) is 7.60. The van der Waals surface area contributed by atoms with Gasteiger partial charge in [-0.3, -0.25) is 10.1 Å². The second-order valence-corrected chi connectivity index (χ2v) is 7.85. The smallest absolute Gasteiger partial charge is 0.338 e. The summed E-state index contributed by atoms with van der Waals surface area (Å²) in [5, 5.41) is 4.40. The lowest BCUT2D eigenvalue weighted by Crippen LogP contribution is -2.41. The monoisotopic (exact) mass is 409 g/mol. The minimum Gasteiger partial charge on any atom is -0.467 e. The molecule has 0 saturated carbocycles. The maximum absolute atomic E-state index is 12.0. The molecule has 0 unspecified atom stereocenters. The normalized spacial score (nSPS) is 11.1. The number of rotatable bonds is 7. The summed E-state index contributed by atoms with van der Waals surface area (Å²) in [5.74, 6) is -1.15. The Hall–Kier alpha value is -3.18. The molecule has 2 rings (SSSR count). The van der Waals surface area contributed by atoms with E-state index in [2.05, 4.69) is 5.32 Å². The largest absolute Gasteiger partial charge is 0.467 e. The molecule has 150 valence electrons. The first kappa shape index (κ1) is 21.1. The maximum atomic E-state index is 12.0. The number of hydrogen-bond donors (Lipinski definition) is 2. The Morgan fingerprint density at radius 2 is 1.79 bits per heavy atom. The first-order valence-corrected chi connectivity index (χ1v) is 9.44. The van der Waals surface area contributed by atoms with Crippen LogP contribution in [0.1, 0.15) is 16.1 Å². The number of urea groups is 1. The van der Waals surface area contributed by atoms with E-state index in [1.54, 1.807) is 12.1 Å². The van der Waals surface area contributed by atoms with Crippen molar-refractivity contribution in [1.82, 2.24) is 14.9 Å². The second-order valence-electron chi connectivity index (χ2n) is 5.70. The first-order valence-electron chi connectivity index (χ1n) is 8.00. The highest BCUT2D eigenvalue weighted by atomic mass is 32.2. The third-order valence-corrected chi connectivity index (χ3v) is 5.29. The number of nitrogens with zero attached hydrogens (tertiary/aromatic N) is 1. The van der Waals surface area contributed by atoms with E-state index in [0.29, 0.717) is 5.76 Å². The van der Waals surface area contributed by atoms with Crippen LogP contribution in [0.4, 0.5) is 4.79 Å². The van der Waals surface area contributed by atoms with Crippen molar-refractivity contribution in [2.45, 2.75) is 11.4 Å². The van der Waals surface area contributed by atoms with Crippen LogP contribution in [0.15, 0.2) is 52.0 Å². The van der Waals surface area contributed by atoms with Crippen molar-refractivity contribution < 1.29 is 32.0 Å². The van der Waals surface area contributed by atoms with Gasteiger partial charge in [0.1, 0.15) is 5.76 Å². The van der Waals surface area contributed by atoms with Crippen molar-refractivity contribution in [3.8, 4) is 0 Å². The average Bonchev–Trinajstić information content (AvgIpc) is 3.18. The van der Waals surface area contributed by atoms with Crippen LogP contribution in [0, 0.1) is 0 Å². The van der Waals surface area contributed by atoms with Gasteiger partial charge in [0.05, 0.1) is 23.3 Å². The van der Waals surface area contributed by atoms with E-state index in [-0.39, 0.29) is 17.0 Å². The van der Waals surface area contributed by atoms with Crippen molar-refractivity contribution in [2.75, 3.05) is 20.7 Å². The van der Waals surface area contributed by atoms with Gasteiger partial charge in [0, 0.05) is 14.1 Å². The molecule has 0 aliphatic heterocycles. The lowest BCUT2D eigenvalue weighted by atomic mass is 10.2. The molecule has 11 heteroatoms. The van der Waals surface area contributed by atoms with Crippen molar-refractivity contribution in [2.24, 2.45) is 0 Å². The maximum Gasteiger partial charge on any atom is 0.338 e. The zero-order valence-corrected chi connectivity index (χ0v) is 16.0. The van der Waals surface area contributed by atoms with Crippen LogP contribution in [0.2, 0.25) is 0 Å². The lowest BCUT2D eigenvalue weighted by Gasteiger charge is -2.11. The summed E-state index contributed by atoms with van der Waals surface area (Å²) in [5.41, 5.74) is 0.0628. The van der Waals surface area contributed by atoms with Crippen molar-refractivity contribution in [3.63, 3.8) is 0 Å². The zero-order chi connectivity index (χ0) is 20.7. The molecular formula is C17H19N3O7S. The molecule has 0 radical (unpaired) electrons. The summed E-state index contributed by atoms with van der Waals surface area (Å²) < 4.78 is 34.8. The van der Waals surface area contributed by atoms with E-state index in [0.717, 1.165) is 4.31 Å². The standard InChI is InChI=1S/C17H19N3O7S/c1-20(2)28(24,25)14-7-5-12(6-8-14)16(22)27-11-15(21)19-17(23)18-10-13-4-3-9-26-13/h3-9H,10-11H2,1-2H3,(H2,18,19,21,23). The molecular weight excluding hydrogens is 390 g/mol. The molecule has 3 amide bonds. The molecule has 0 atom stereocenters. The number of furan rings is 1. The molecule has 1 heterocycles. The zero-order valence-electron chi connectivity index (χ0n) is 15.2. The summed E-state index contributed by atoms with van der Waals surface area (Å²) in [6.07, 6.45) is 1.45. The molecule has 1 aromatic heterocycles. The number of carbonyl (C=O) groups excluding carboxylic acids is 3. The van der Waals surface area contributed by atoms with Crippen LogP contribution in [0.5, 0.6) is 0 Å². The predicted octanol–water partition coefficient (Wildman–Crippen LogP) is 0.713. The van der Waals surface area contributed by atoms with E-state index in [1.807, 2.05) is 5.32 Å². The molecule has 28 heavy (non-hydrogen) atoms. The Morgan fingerprint density at radius 3 is 2.36 bits per heavy atom. The van der Waals surface area contributed by atoms with Gasteiger partial charge in [-0.2, -0.15) is 0 Å². The van der Waals surface area contributed by atoms with Crippen LogP contribution in [0.3, 0.4) is 0 Å². The fraction of sp³-hybridized carbons (Fsp3) is 0.235. The van der Waals surface area contributed by atoms with E-state index in [1.165, 1.54) is 44.6 Å². The number of imide groups is 1. The molecule has 10 nitrogen and oxygen atoms in total. The van der Waals surface area contributed by atoms with E-state index in [4.69, 9.17) is 9.15 Å². The van der Waals surface area contributed by atoms with E-state index >= 15 is 0 Å². The molecule has 1 aromatic carbocycles. The minimum atomic E-state index is -3.61. The van der Waals surface area contributed by atoms with Crippen LogP contribution < -0.4 is 10.6 Å². The van der Waals surface area contributed by atoms with Crippen molar-refractivity contribution in [3.05, 3.63) is 54.0 Å². The molecule has 0 bridgehead atoms. The van der Waals surface area contributed by atoms with Gasteiger partial charge >= 0.3 is 12.0 Å². The Morgan fingerprint density at radius 1 is 1.11 bits per heavy atom.